The Morgan fingerprint density at radius 1 is 1.35 bits per heavy atom. The van der Waals surface area contributed by atoms with E-state index in [1.807, 2.05) is 27.0 Å². The first kappa shape index (κ1) is 22.4. The van der Waals surface area contributed by atoms with Crippen LogP contribution < -0.4 is 10.2 Å². The summed E-state index contributed by atoms with van der Waals surface area (Å²) >= 11 is 1.45. The highest BCUT2D eigenvalue weighted by atomic mass is 32.2. The van der Waals surface area contributed by atoms with Crippen LogP contribution in [0.4, 0.5) is 5.82 Å². The molecule has 26 heavy (non-hydrogen) atoms. The molecule has 2 heterocycles. The van der Waals surface area contributed by atoms with E-state index in [4.69, 9.17) is 0 Å². The van der Waals surface area contributed by atoms with Gasteiger partial charge in [0.2, 0.25) is 11.8 Å². The van der Waals surface area contributed by atoms with Gasteiger partial charge in [0.15, 0.2) is 5.16 Å². The van der Waals surface area contributed by atoms with Crippen molar-refractivity contribution in [1.29, 1.82) is 0 Å². The summed E-state index contributed by atoms with van der Waals surface area (Å²) in [6.07, 6.45) is 6.11. The molecule has 0 saturated carbocycles. The first-order valence-corrected chi connectivity index (χ1v) is 10.7. The number of nitrogens with one attached hydrogen (secondary N) is 1. The molecule has 0 fully saturated rings. The van der Waals surface area contributed by atoms with Crippen molar-refractivity contribution in [2.75, 3.05) is 18.2 Å². The highest BCUT2D eigenvalue weighted by Crippen LogP contribution is 2.41. The number of hydrogen-bond donors (Lipinski definition) is 1. The van der Waals surface area contributed by atoms with Crippen LogP contribution in [0, 0.1) is 5.41 Å². The first-order chi connectivity index (χ1) is 12.5. The molecule has 1 aromatic rings. The van der Waals surface area contributed by atoms with Gasteiger partial charge in [-0.1, -0.05) is 46.4 Å². The van der Waals surface area contributed by atoms with Crippen molar-refractivity contribution in [1.82, 2.24) is 15.3 Å². The minimum Gasteiger partial charge on any atom is -0.358 e. The Labute approximate surface area is 161 Å². The number of thioether (sulfide) groups is 1. The Kier molecular flexibility index (Phi) is 8.53. The summed E-state index contributed by atoms with van der Waals surface area (Å²) in [5.74, 6) is 0.294. The van der Waals surface area contributed by atoms with E-state index in [1.165, 1.54) is 11.8 Å². The van der Waals surface area contributed by atoms with Crippen molar-refractivity contribution in [2.45, 2.75) is 71.5 Å². The maximum Gasteiger partial charge on any atom is 0.244 e. The van der Waals surface area contributed by atoms with Gasteiger partial charge in [-0.3, -0.25) is 14.5 Å². The number of anilines is 1. The lowest BCUT2D eigenvalue weighted by molar-refractivity contribution is -0.143. The second-order valence-electron chi connectivity index (χ2n) is 6.04. The number of hydrogen-bond acceptors (Lipinski definition) is 5. The van der Waals surface area contributed by atoms with Gasteiger partial charge in [0.05, 0.1) is 0 Å². The van der Waals surface area contributed by atoms with Crippen LogP contribution in [-0.2, 0) is 16.0 Å². The average molecular weight is 381 g/mol. The molecule has 0 saturated heterocycles. The van der Waals surface area contributed by atoms with Crippen LogP contribution in [0.15, 0.2) is 11.4 Å². The molecule has 0 radical (unpaired) electrons. The summed E-state index contributed by atoms with van der Waals surface area (Å²) in [6, 6.07) is 0.0248. The normalized spacial score (nSPS) is 18.9. The van der Waals surface area contributed by atoms with Gasteiger partial charge in [0.1, 0.15) is 11.2 Å². The Morgan fingerprint density at radius 2 is 1.96 bits per heavy atom. The molecule has 1 N–H and O–H groups in total. The molecule has 0 aromatic carbocycles. The Hall–Kier alpha value is -1.63. The zero-order chi connectivity index (χ0) is 19.9. The second-order valence-corrected chi connectivity index (χ2v) is 6.82. The molecule has 1 aromatic heterocycles. The minimum absolute atomic E-state index is 0.0248. The lowest BCUT2D eigenvalue weighted by Gasteiger charge is -2.43. The van der Waals surface area contributed by atoms with Gasteiger partial charge in [-0.25, -0.2) is 9.97 Å². The molecule has 6 nitrogen and oxygen atoms in total. The predicted molar refractivity (Wildman–Crippen MR) is 108 cm³/mol. The molecule has 2 rings (SSSR count). The summed E-state index contributed by atoms with van der Waals surface area (Å²) in [4.78, 5) is 36.7. The largest absolute Gasteiger partial charge is 0.358 e. The summed E-state index contributed by atoms with van der Waals surface area (Å²) < 4.78 is 0. The van der Waals surface area contributed by atoms with Gasteiger partial charge in [-0.15, -0.1) is 0 Å². The molecule has 1 atom stereocenters. The van der Waals surface area contributed by atoms with Crippen molar-refractivity contribution >= 4 is 29.4 Å². The van der Waals surface area contributed by atoms with Crippen molar-refractivity contribution in [3.05, 3.63) is 11.8 Å². The summed E-state index contributed by atoms with van der Waals surface area (Å²) in [5.41, 5.74) is -0.209. The van der Waals surface area contributed by atoms with Gasteiger partial charge in [0.25, 0.3) is 0 Å². The fourth-order valence-corrected chi connectivity index (χ4v) is 3.72. The van der Waals surface area contributed by atoms with Crippen molar-refractivity contribution in [3.63, 3.8) is 0 Å². The SMILES string of the molecule is CC.CCC(CC)N1C(=O)C(CC)(C(=O)NC)Cc2cnc(SC)nc21. The van der Waals surface area contributed by atoms with E-state index in [9.17, 15) is 9.59 Å². The zero-order valence-corrected chi connectivity index (χ0v) is 17.9. The van der Waals surface area contributed by atoms with Crippen molar-refractivity contribution in [2.24, 2.45) is 5.41 Å². The molecular formula is C19H32N4O2S. The standard InChI is InChI=1S/C17H26N4O2S.C2H6/c1-6-12(7-2)21-13-11(10-19-16(20-13)24-5)9-17(8-3,15(21)23)14(22)18-4;1-2/h10,12H,6-9H2,1-5H3,(H,18,22);1-2H3. The molecule has 1 aliphatic rings. The molecule has 0 bridgehead atoms. The monoisotopic (exact) mass is 380 g/mol. The number of amides is 2. The summed E-state index contributed by atoms with van der Waals surface area (Å²) in [5, 5.41) is 3.31. The van der Waals surface area contributed by atoms with Crippen LogP contribution >= 0.6 is 11.8 Å². The molecule has 1 unspecified atom stereocenters. The fourth-order valence-electron chi connectivity index (χ4n) is 3.39. The van der Waals surface area contributed by atoms with E-state index in [1.54, 1.807) is 18.1 Å². The highest BCUT2D eigenvalue weighted by molar-refractivity contribution is 7.98. The molecule has 2 amide bonds. The number of nitrogens with zero attached hydrogens (tertiary/aromatic N) is 3. The number of fused-ring (bicyclic) bond motifs is 1. The third-order valence-electron chi connectivity index (χ3n) is 4.92. The Bertz CT molecular complexity index is 634. The molecule has 1 aliphatic heterocycles. The van der Waals surface area contributed by atoms with E-state index in [0.29, 0.717) is 23.8 Å². The van der Waals surface area contributed by atoms with Gasteiger partial charge in [0, 0.05) is 31.3 Å². The van der Waals surface area contributed by atoms with E-state index in [0.717, 1.165) is 18.4 Å². The number of rotatable bonds is 6. The zero-order valence-electron chi connectivity index (χ0n) is 17.0. The predicted octanol–water partition coefficient (Wildman–Crippen LogP) is 3.44. The molecular weight excluding hydrogens is 348 g/mol. The molecule has 0 aliphatic carbocycles. The van der Waals surface area contributed by atoms with Gasteiger partial charge in [-0.05, 0) is 25.5 Å². The van der Waals surface area contributed by atoms with Crippen LogP contribution in [-0.4, -0.2) is 41.1 Å². The van der Waals surface area contributed by atoms with E-state index >= 15 is 0 Å². The van der Waals surface area contributed by atoms with Gasteiger partial charge < -0.3 is 5.32 Å². The number of aromatic nitrogens is 2. The molecule has 146 valence electrons. The van der Waals surface area contributed by atoms with Gasteiger partial charge >= 0.3 is 0 Å². The quantitative estimate of drug-likeness (QED) is 0.465. The van der Waals surface area contributed by atoms with Crippen LogP contribution in [0.2, 0.25) is 0 Å². The maximum atomic E-state index is 13.4. The second kappa shape index (κ2) is 9.90. The topological polar surface area (TPSA) is 75.2 Å². The van der Waals surface area contributed by atoms with Gasteiger partial charge in [-0.2, -0.15) is 0 Å². The minimum atomic E-state index is -1.07. The van der Waals surface area contributed by atoms with Crippen LogP contribution in [0.5, 0.6) is 0 Å². The number of carbonyl (C=O) groups is 2. The first-order valence-electron chi connectivity index (χ1n) is 9.44. The lowest BCUT2D eigenvalue weighted by atomic mass is 9.74. The Morgan fingerprint density at radius 3 is 2.42 bits per heavy atom. The lowest BCUT2D eigenvalue weighted by Crippen LogP contribution is -2.58. The smallest absolute Gasteiger partial charge is 0.244 e. The van der Waals surface area contributed by atoms with Crippen LogP contribution in [0.3, 0.4) is 0 Å². The molecule has 7 heteroatoms. The van der Waals surface area contributed by atoms with E-state index in [2.05, 4.69) is 29.1 Å². The van der Waals surface area contributed by atoms with Crippen LogP contribution in [0.1, 0.15) is 59.4 Å². The third-order valence-corrected chi connectivity index (χ3v) is 5.49. The fraction of sp³-hybridized carbons (Fsp3) is 0.684. The summed E-state index contributed by atoms with van der Waals surface area (Å²) in [6.45, 7) is 10.0. The van der Waals surface area contributed by atoms with E-state index < -0.39 is 5.41 Å². The average Bonchev–Trinajstić information content (AvgIpc) is 2.70. The van der Waals surface area contributed by atoms with Crippen LogP contribution in [0.25, 0.3) is 0 Å². The van der Waals surface area contributed by atoms with Crippen molar-refractivity contribution in [3.8, 4) is 0 Å². The maximum absolute atomic E-state index is 13.4. The number of carbonyl (C=O) groups excluding carboxylic acids is 2. The molecule has 0 spiro atoms. The van der Waals surface area contributed by atoms with E-state index in [-0.39, 0.29) is 17.9 Å². The summed E-state index contributed by atoms with van der Waals surface area (Å²) in [7, 11) is 1.58. The Balaban J connectivity index is 0.00000163. The highest BCUT2D eigenvalue weighted by Gasteiger charge is 2.52. The third kappa shape index (κ3) is 3.87. The van der Waals surface area contributed by atoms with Crippen molar-refractivity contribution < 1.29 is 9.59 Å².